The van der Waals surface area contributed by atoms with Gasteiger partial charge < -0.3 is 80.0 Å². The molecular weight excluding hydrogens is 390 g/mol. The summed E-state index contributed by atoms with van der Waals surface area (Å²) < 4.78 is 0. The molecule has 0 aliphatic heterocycles. The molecule has 12 heteroatoms. The zero-order valence-corrected chi connectivity index (χ0v) is 16.6. The van der Waals surface area contributed by atoms with Crippen molar-refractivity contribution in [3.8, 4) is 0 Å². The van der Waals surface area contributed by atoms with Crippen LogP contribution in [0, 0.1) is 0 Å². The molecule has 0 saturated heterocycles. The van der Waals surface area contributed by atoms with E-state index in [1.54, 1.807) is 0 Å². The zero-order valence-electron chi connectivity index (χ0n) is 9.16. The average Bonchev–Trinajstić information content (AvgIpc) is 2.12. The van der Waals surface area contributed by atoms with Gasteiger partial charge in [0.15, 0.2) is 6.29 Å². The largest absolute Gasteiger partial charge is 2.00 e. The van der Waals surface area contributed by atoms with Crippen LogP contribution in [0.15, 0.2) is 0 Å². The van der Waals surface area contributed by atoms with Crippen LogP contribution in [0.1, 0.15) is 0 Å². The molecule has 0 rings (SSSR count). The molecule has 0 aliphatic rings. The van der Waals surface area contributed by atoms with E-state index in [-0.39, 0.29) is 131 Å². The molecule has 0 aromatic rings. The standard InChI is InChI=1S/C6H12O6.2Ca.4ClH/c7-1-3(9)5(11)6(12)4(10)2-8;;;;;;/h1,3-6,8-12H,2H2;;;4*1H/q;2*+2;;;;/p-4. The van der Waals surface area contributed by atoms with Crippen LogP contribution >= 0.6 is 0 Å². The van der Waals surface area contributed by atoms with Crippen LogP contribution in [-0.4, -0.2) is 138 Å². The topological polar surface area (TPSA) is 118 Å². The maximum absolute atomic E-state index is 9.90. The Labute approximate surface area is 190 Å². The van der Waals surface area contributed by atoms with E-state index in [9.17, 15) is 4.79 Å². The minimum atomic E-state index is -1.79. The summed E-state index contributed by atoms with van der Waals surface area (Å²) in [5, 5.41) is 43.5. The minimum Gasteiger partial charge on any atom is -1.00 e. The number of hydrogen-bond donors (Lipinski definition) is 5. The Kier molecular flexibility index (Phi) is 59.9. The Morgan fingerprint density at radius 2 is 1.17 bits per heavy atom. The summed E-state index contributed by atoms with van der Waals surface area (Å²) in [5.74, 6) is 0. The number of aliphatic hydroxyl groups excluding tert-OH is 5. The van der Waals surface area contributed by atoms with Crippen molar-refractivity contribution in [1.82, 2.24) is 0 Å². The maximum atomic E-state index is 9.90. The van der Waals surface area contributed by atoms with Crippen molar-refractivity contribution in [2.75, 3.05) is 6.61 Å². The van der Waals surface area contributed by atoms with E-state index >= 15 is 0 Å². The van der Waals surface area contributed by atoms with E-state index in [2.05, 4.69) is 0 Å². The van der Waals surface area contributed by atoms with E-state index in [1.165, 1.54) is 0 Å². The van der Waals surface area contributed by atoms with E-state index in [0.717, 1.165) is 0 Å². The summed E-state index contributed by atoms with van der Waals surface area (Å²) >= 11 is 0. The van der Waals surface area contributed by atoms with Crippen LogP contribution in [0.25, 0.3) is 0 Å². The molecule has 0 aromatic heterocycles. The molecule has 6 nitrogen and oxygen atoms in total. The predicted molar refractivity (Wildman–Crippen MR) is 48.7 cm³/mol. The average molecular weight is 402 g/mol. The van der Waals surface area contributed by atoms with Crippen molar-refractivity contribution in [3.05, 3.63) is 0 Å². The first-order valence-corrected chi connectivity index (χ1v) is 3.33. The van der Waals surface area contributed by atoms with Crippen molar-refractivity contribution in [3.63, 3.8) is 0 Å². The first-order valence-electron chi connectivity index (χ1n) is 3.33. The Morgan fingerprint density at radius 3 is 1.39 bits per heavy atom. The molecule has 0 saturated carbocycles. The first kappa shape index (κ1) is 42.9. The summed E-state index contributed by atoms with van der Waals surface area (Å²) in [6, 6.07) is 0. The monoisotopic (exact) mass is 400 g/mol. The summed E-state index contributed by atoms with van der Waals surface area (Å²) in [7, 11) is 0. The summed E-state index contributed by atoms with van der Waals surface area (Å²) in [6.07, 6.45) is -6.84. The van der Waals surface area contributed by atoms with E-state index < -0.39 is 31.0 Å². The molecule has 0 spiro atoms. The van der Waals surface area contributed by atoms with Gasteiger partial charge in [-0.25, -0.2) is 0 Å². The Morgan fingerprint density at radius 1 is 0.833 bits per heavy atom. The van der Waals surface area contributed by atoms with Gasteiger partial charge in [-0.2, -0.15) is 0 Å². The molecule has 0 amide bonds. The predicted octanol–water partition coefficient (Wildman–Crippen LogP) is -16.1. The third-order valence-electron chi connectivity index (χ3n) is 1.42. The molecule has 0 aliphatic carbocycles. The summed E-state index contributed by atoms with van der Waals surface area (Å²) in [6.45, 7) is -0.760. The van der Waals surface area contributed by atoms with Crippen LogP contribution in [0.3, 0.4) is 0 Å². The number of halogens is 4. The number of aldehydes is 1. The molecular formula is C6H12Ca2Cl4O6. The van der Waals surface area contributed by atoms with Gasteiger partial charge >= 0.3 is 75.5 Å². The van der Waals surface area contributed by atoms with Gasteiger partial charge in [-0.05, 0) is 0 Å². The van der Waals surface area contributed by atoms with Crippen molar-refractivity contribution in [2.24, 2.45) is 0 Å². The summed E-state index contributed by atoms with van der Waals surface area (Å²) in [4.78, 5) is 9.90. The Balaban J connectivity index is -0.0000000403. The number of rotatable bonds is 5. The SMILES string of the molecule is O=CC(O)C(O)C(O)C(O)CO.[Ca+2].[Ca+2].[Cl-].[Cl-].[Cl-].[Cl-]. The second-order valence-electron chi connectivity index (χ2n) is 2.36. The van der Waals surface area contributed by atoms with Gasteiger partial charge in [-0.3, -0.25) is 0 Å². The van der Waals surface area contributed by atoms with Gasteiger partial charge in [0, 0.05) is 0 Å². The molecule has 0 aromatic carbocycles. The molecule has 0 heterocycles. The van der Waals surface area contributed by atoms with Gasteiger partial charge in [0.1, 0.15) is 24.4 Å². The second-order valence-corrected chi connectivity index (χ2v) is 2.36. The van der Waals surface area contributed by atoms with Crippen molar-refractivity contribution in [2.45, 2.75) is 24.4 Å². The second kappa shape index (κ2) is 25.1. The fraction of sp³-hybridized carbons (Fsp3) is 0.833. The Bertz CT molecular complexity index is 160. The molecule has 0 bridgehead atoms. The van der Waals surface area contributed by atoms with Crippen molar-refractivity contribution < 1.29 is 80.0 Å². The van der Waals surface area contributed by atoms with Crippen molar-refractivity contribution >= 4 is 81.8 Å². The maximum Gasteiger partial charge on any atom is 2.00 e. The van der Waals surface area contributed by atoms with Gasteiger partial charge in [0.2, 0.25) is 0 Å². The number of carbonyl (C=O) groups is 1. The summed E-state index contributed by atoms with van der Waals surface area (Å²) in [5.41, 5.74) is 0. The van der Waals surface area contributed by atoms with Crippen LogP contribution in [0.5, 0.6) is 0 Å². The third kappa shape index (κ3) is 17.2. The normalized spacial score (nSPS) is 14.1. The molecule has 0 radical (unpaired) electrons. The Hall–Kier alpha value is 3.15. The zero-order chi connectivity index (χ0) is 9.72. The van der Waals surface area contributed by atoms with Crippen LogP contribution in [0.4, 0.5) is 0 Å². The van der Waals surface area contributed by atoms with Crippen molar-refractivity contribution in [1.29, 1.82) is 0 Å². The van der Waals surface area contributed by atoms with Gasteiger partial charge in [0.25, 0.3) is 0 Å². The number of hydrogen-bond acceptors (Lipinski definition) is 6. The molecule has 104 valence electrons. The first-order chi connectivity index (χ1) is 5.54. The minimum absolute atomic E-state index is 0. The molecule has 4 unspecified atom stereocenters. The molecule has 5 N–H and O–H groups in total. The van der Waals surface area contributed by atoms with Crippen LogP contribution in [0.2, 0.25) is 0 Å². The fourth-order valence-corrected chi connectivity index (χ4v) is 0.618. The molecule has 4 atom stereocenters. The van der Waals surface area contributed by atoms with Gasteiger partial charge in [0.05, 0.1) is 6.61 Å². The van der Waals surface area contributed by atoms with E-state index in [4.69, 9.17) is 25.5 Å². The van der Waals surface area contributed by atoms with Gasteiger partial charge in [-0.15, -0.1) is 0 Å². The number of aliphatic hydroxyl groups is 5. The third-order valence-corrected chi connectivity index (χ3v) is 1.42. The quantitative estimate of drug-likeness (QED) is 0.230. The van der Waals surface area contributed by atoms with Gasteiger partial charge in [-0.1, -0.05) is 0 Å². The van der Waals surface area contributed by atoms with Crippen LogP contribution in [-0.2, 0) is 4.79 Å². The van der Waals surface area contributed by atoms with E-state index in [1.807, 2.05) is 0 Å². The fourth-order valence-electron chi connectivity index (χ4n) is 0.618. The smallest absolute Gasteiger partial charge is 1.00 e. The number of carbonyl (C=O) groups excluding carboxylic acids is 1. The molecule has 18 heavy (non-hydrogen) atoms. The van der Waals surface area contributed by atoms with E-state index in [0.29, 0.717) is 0 Å². The van der Waals surface area contributed by atoms with Crippen LogP contribution < -0.4 is 49.6 Å². The molecule has 0 fully saturated rings.